The molecule has 0 amide bonds. The highest BCUT2D eigenvalue weighted by Gasteiger charge is 2.47. The smallest absolute Gasteiger partial charge is 0.392 e. The van der Waals surface area contributed by atoms with Gasteiger partial charge in [-0.2, -0.15) is 17.5 Å². The molecule has 1 aliphatic heterocycles. The molecule has 2 atom stereocenters. The molecule has 22 heavy (non-hydrogen) atoms. The monoisotopic (exact) mass is 335 g/mol. The predicted molar refractivity (Wildman–Crippen MR) is 73.5 cm³/mol. The molecule has 1 aromatic carbocycles. The van der Waals surface area contributed by atoms with Crippen molar-refractivity contribution in [1.82, 2.24) is 4.31 Å². The average molecular weight is 335 g/mol. The number of aliphatic hydroxyl groups excluding tert-OH is 1. The van der Waals surface area contributed by atoms with Gasteiger partial charge in [-0.1, -0.05) is 12.1 Å². The van der Waals surface area contributed by atoms with Crippen LogP contribution in [0.25, 0.3) is 0 Å². The number of sulfonamides is 1. The fourth-order valence-electron chi connectivity index (χ4n) is 2.85. The summed E-state index contributed by atoms with van der Waals surface area (Å²) < 4.78 is 64.4. The van der Waals surface area contributed by atoms with Crippen LogP contribution in [0.15, 0.2) is 24.3 Å². The lowest BCUT2D eigenvalue weighted by Gasteiger charge is -2.24. The third-order valence-corrected chi connectivity index (χ3v) is 6.48. The van der Waals surface area contributed by atoms with Gasteiger partial charge in [-0.05, 0) is 37.0 Å². The second-order valence-electron chi connectivity index (χ2n) is 5.84. The van der Waals surface area contributed by atoms with Crippen molar-refractivity contribution in [2.24, 2.45) is 0 Å². The summed E-state index contributed by atoms with van der Waals surface area (Å²) in [5, 5.41) is 9.34. The Labute approximate surface area is 126 Å². The van der Waals surface area contributed by atoms with Gasteiger partial charge in [-0.3, -0.25) is 0 Å². The van der Waals surface area contributed by atoms with Gasteiger partial charge in [0.05, 0.1) is 23.0 Å². The first-order valence-electron chi connectivity index (χ1n) is 7.05. The highest BCUT2D eigenvalue weighted by molar-refractivity contribution is 7.90. The van der Waals surface area contributed by atoms with Crippen molar-refractivity contribution in [2.75, 3.05) is 6.54 Å². The van der Waals surface area contributed by atoms with E-state index in [0.717, 1.165) is 12.1 Å². The van der Waals surface area contributed by atoms with E-state index in [9.17, 15) is 26.7 Å². The van der Waals surface area contributed by atoms with Gasteiger partial charge < -0.3 is 5.11 Å². The van der Waals surface area contributed by atoms with Crippen LogP contribution in [0.2, 0.25) is 0 Å². The van der Waals surface area contributed by atoms with Crippen LogP contribution in [0.1, 0.15) is 36.4 Å². The van der Waals surface area contributed by atoms with Crippen molar-refractivity contribution in [3.05, 3.63) is 35.4 Å². The van der Waals surface area contributed by atoms with Gasteiger partial charge in [0, 0.05) is 6.54 Å². The Kier molecular flexibility index (Phi) is 3.73. The lowest BCUT2D eigenvalue weighted by Crippen LogP contribution is -2.34. The molecule has 1 aromatic rings. The predicted octanol–water partition coefficient (Wildman–Crippen LogP) is 2.31. The molecular weight excluding hydrogens is 319 g/mol. The Bertz CT molecular complexity index is 670. The summed E-state index contributed by atoms with van der Waals surface area (Å²) in [6, 6.07) is 3.94. The second-order valence-corrected chi connectivity index (χ2v) is 8.01. The molecule has 122 valence electrons. The lowest BCUT2D eigenvalue weighted by molar-refractivity contribution is -0.137. The van der Waals surface area contributed by atoms with Gasteiger partial charge in [0.1, 0.15) is 0 Å². The van der Waals surface area contributed by atoms with Gasteiger partial charge in [-0.15, -0.1) is 0 Å². The first-order valence-corrected chi connectivity index (χ1v) is 8.56. The number of alkyl halides is 3. The van der Waals surface area contributed by atoms with Crippen molar-refractivity contribution in [3.8, 4) is 0 Å². The second kappa shape index (κ2) is 5.21. The highest BCUT2D eigenvalue weighted by Crippen LogP contribution is 2.41. The van der Waals surface area contributed by atoms with Crippen LogP contribution < -0.4 is 0 Å². The minimum absolute atomic E-state index is 0.0558. The minimum Gasteiger partial charge on any atom is -0.392 e. The van der Waals surface area contributed by atoms with E-state index >= 15 is 0 Å². The number of halogens is 3. The molecule has 0 bridgehead atoms. The van der Waals surface area contributed by atoms with E-state index < -0.39 is 39.2 Å². The molecule has 0 aromatic heterocycles. The Hall–Kier alpha value is -1.12. The van der Waals surface area contributed by atoms with E-state index in [1.165, 1.54) is 16.4 Å². The summed E-state index contributed by atoms with van der Waals surface area (Å²) in [7, 11) is -3.55. The van der Waals surface area contributed by atoms with Crippen molar-refractivity contribution in [3.63, 3.8) is 0 Å². The first kappa shape index (κ1) is 15.8. The Morgan fingerprint density at radius 2 is 1.91 bits per heavy atom. The van der Waals surface area contributed by atoms with Crippen LogP contribution >= 0.6 is 0 Å². The topological polar surface area (TPSA) is 57.6 Å². The minimum atomic E-state index is -4.48. The molecule has 3 rings (SSSR count). The Morgan fingerprint density at radius 1 is 1.23 bits per heavy atom. The number of nitrogens with zero attached hydrogens (tertiary/aromatic N) is 1. The number of rotatable bonds is 3. The maximum absolute atomic E-state index is 12.8. The summed E-state index contributed by atoms with van der Waals surface area (Å²) in [6.45, 7) is -0.0558. The molecule has 1 heterocycles. The molecule has 4 nitrogen and oxygen atoms in total. The Morgan fingerprint density at radius 3 is 2.50 bits per heavy atom. The van der Waals surface area contributed by atoms with E-state index in [1.54, 1.807) is 0 Å². The number of aliphatic hydroxyl groups is 1. The van der Waals surface area contributed by atoms with Crippen LogP contribution in [0.4, 0.5) is 13.2 Å². The van der Waals surface area contributed by atoms with E-state index in [-0.39, 0.29) is 18.5 Å². The van der Waals surface area contributed by atoms with Crippen molar-refractivity contribution in [1.29, 1.82) is 0 Å². The van der Waals surface area contributed by atoms with Crippen LogP contribution in [0, 0.1) is 0 Å². The van der Waals surface area contributed by atoms with E-state index in [0.29, 0.717) is 12.8 Å². The molecule has 2 fully saturated rings. The third kappa shape index (κ3) is 2.87. The average Bonchev–Trinajstić information content (AvgIpc) is 3.21. The van der Waals surface area contributed by atoms with Gasteiger partial charge in [0.2, 0.25) is 10.0 Å². The number of hydrogen-bond donors (Lipinski definition) is 1. The Balaban J connectivity index is 1.95. The van der Waals surface area contributed by atoms with Gasteiger partial charge in [0.25, 0.3) is 0 Å². The molecule has 1 saturated heterocycles. The molecule has 1 saturated carbocycles. The highest BCUT2D eigenvalue weighted by atomic mass is 32.2. The van der Waals surface area contributed by atoms with Crippen molar-refractivity contribution < 1.29 is 26.7 Å². The summed E-state index contributed by atoms with van der Waals surface area (Å²) in [4.78, 5) is 0. The van der Waals surface area contributed by atoms with Crippen LogP contribution in [-0.4, -0.2) is 35.7 Å². The quantitative estimate of drug-likeness (QED) is 0.922. The zero-order valence-corrected chi connectivity index (χ0v) is 12.4. The van der Waals surface area contributed by atoms with E-state index in [1.807, 2.05) is 0 Å². The molecule has 2 aliphatic rings. The van der Waals surface area contributed by atoms with Gasteiger partial charge in [0.15, 0.2) is 0 Å². The zero-order chi connectivity index (χ0) is 16.1. The van der Waals surface area contributed by atoms with Crippen LogP contribution in [0.3, 0.4) is 0 Å². The fraction of sp³-hybridized carbons (Fsp3) is 0.571. The van der Waals surface area contributed by atoms with Gasteiger partial charge >= 0.3 is 6.18 Å². The molecule has 1 aliphatic carbocycles. The molecule has 1 N–H and O–H groups in total. The zero-order valence-electron chi connectivity index (χ0n) is 11.6. The lowest BCUT2D eigenvalue weighted by atomic mass is 10.0. The summed E-state index contributed by atoms with van der Waals surface area (Å²) in [6.07, 6.45) is -4.07. The van der Waals surface area contributed by atoms with Crippen LogP contribution in [-0.2, 0) is 16.2 Å². The SMILES string of the molecule is O=S(=O)(C1CC1)N1C[C@H](O)C[C@H]1c1cccc(C(F)(F)F)c1. The first-order chi connectivity index (χ1) is 10.2. The summed E-state index contributed by atoms with van der Waals surface area (Å²) in [5.74, 6) is 0. The van der Waals surface area contributed by atoms with Crippen molar-refractivity contribution >= 4 is 10.0 Å². The molecule has 0 radical (unpaired) electrons. The molecule has 0 spiro atoms. The van der Waals surface area contributed by atoms with Gasteiger partial charge in [-0.25, -0.2) is 8.42 Å². The maximum Gasteiger partial charge on any atom is 0.416 e. The molecular formula is C14H16F3NO3S. The van der Waals surface area contributed by atoms with E-state index in [4.69, 9.17) is 0 Å². The number of hydrogen-bond acceptors (Lipinski definition) is 3. The number of benzene rings is 1. The van der Waals surface area contributed by atoms with E-state index in [2.05, 4.69) is 0 Å². The molecule has 8 heteroatoms. The maximum atomic E-state index is 12.8. The largest absolute Gasteiger partial charge is 0.416 e. The standard InChI is InChI=1S/C14H16F3NO3S/c15-14(16,17)10-3-1-2-9(6-10)13-7-11(19)8-18(13)22(20,21)12-4-5-12/h1-3,6,11-13,19H,4-5,7-8H2/t11-,13+/m1/s1. The van der Waals surface area contributed by atoms with Crippen LogP contribution in [0.5, 0.6) is 0 Å². The third-order valence-electron chi connectivity index (χ3n) is 4.10. The fourth-order valence-corrected chi connectivity index (χ4v) is 4.91. The van der Waals surface area contributed by atoms with Crippen molar-refractivity contribution in [2.45, 2.75) is 42.8 Å². The number of β-amino-alcohol motifs (C(OH)–C–C–N with tert-alkyl or cyclic N) is 1. The summed E-state index contributed by atoms with van der Waals surface area (Å²) >= 11 is 0. The normalized spacial score (nSPS) is 27.3. The summed E-state index contributed by atoms with van der Waals surface area (Å²) in [5.41, 5.74) is -0.536. The molecule has 0 unspecified atom stereocenters.